The van der Waals surface area contributed by atoms with Crippen LogP contribution in [0.2, 0.25) is 0 Å². The number of unbranched alkanes of at least 4 members (excludes halogenated alkanes) is 10. The Hall–Kier alpha value is -1.26. The third kappa shape index (κ3) is 11.2. The molecule has 0 aliphatic heterocycles. The minimum atomic E-state index is -0.801. The van der Waals surface area contributed by atoms with E-state index in [2.05, 4.69) is 12.2 Å². The lowest BCUT2D eigenvalue weighted by Gasteiger charge is -2.20. The van der Waals surface area contributed by atoms with Crippen LogP contribution in [0.3, 0.4) is 0 Å². The number of hydrogen-bond donors (Lipinski definition) is 2. The van der Waals surface area contributed by atoms with E-state index in [9.17, 15) is 9.90 Å². The van der Waals surface area contributed by atoms with Crippen molar-refractivity contribution < 1.29 is 9.90 Å². The summed E-state index contributed by atoms with van der Waals surface area (Å²) in [5.74, 6) is -0.0352. The Morgan fingerprint density at radius 1 is 0.963 bits per heavy atom. The fourth-order valence-electron chi connectivity index (χ4n) is 3.25. The molecule has 0 saturated heterocycles. The van der Waals surface area contributed by atoms with Crippen LogP contribution in [0.4, 0.5) is 0 Å². The molecule has 2 unspecified atom stereocenters. The molecule has 0 bridgehead atoms. The van der Waals surface area contributed by atoms with Gasteiger partial charge in [0.1, 0.15) is 6.10 Å². The number of carbonyl (C=O) groups is 1. The first-order chi connectivity index (χ1) is 13.2. The first kappa shape index (κ1) is 23.8. The molecular weight excluding hydrogens is 354 g/mol. The molecule has 0 heterocycles. The third-order valence-electron chi connectivity index (χ3n) is 4.96. The van der Waals surface area contributed by atoms with Crippen molar-refractivity contribution in [2.75, 3.05) is 0 Å². The van der Waals surface area contributed by atoms with Gasteiger partial charge < -0.3 is 10.4 Å². The van der Waals surface area contributed by atoms with Gasteiger partial charge in [0.25, 0.3) is 0 Å². The Kier molecular flexibility index (Phi) is 13.9. The third-order valence-corrected chi connectivity index (χ3v) is 5.26. The minimum Gasteiger partial charge on any atom is -0.386 e. The minimum absolute atomic E-state index is 0.0352. The normalized spacial score (nSPS) is 13.1. The predicted molar refractivity (Wildman–Crippen MR) is 118 cm³/mol. The molecule has 2 N–H and O–H groups in total. The van der Waals surface area contributed by atoms with Crippen LogP contribution in [0.15, 0.2) is 30.3 Å². The summed E-state index contributed by atoms with van der Waals surface area (Å²) >= 11 is 5.00. The van der Waals surface area contributed by atoms with E-state index in [1.807, 2.05) is 30.3 Å². The molecule has 27 heavy (non-hydrogen) atoms. The molecule has 0 aromatic heterocycles. The lowest BCUT2D eigenvalue weighted by Crippen LogP contribution is -2.40. The summed E-state index contributed by atoms with van der Waals surface area (Å²) in [6.07, 6.45) is 13.6. The van der Waals surface area contributed by atoms with Crippen LogP contribution in [0, 0.1) is 0 Å². The number of thiocarbonyl (C=S) groups is 1. The van der Waals surface area contributed by atoms with Crippen LogP contribution in [-0.4, -0.2) is 22.4 Å². The zero-order valence-electron chi connectivity index (χ0n) is 16.9. The van der Waals surface area contributed by atoms with Gasteiger partial charge >= 0.3 is 0 Å². The van der Waals surface area contributed by atoms with Gasteiger partial charge in [0.2, 0.25) is 5.91 Å². The number of hydrogen-bond acceptors (Lipinski definition) is 3. The van der Waals surface area contributed by atoms with Gasteiger partial charge in [-0.15, -0.1) is 0 Å². The molecule has 0 aliphatic rings. The zero-order valence-corrected chi connectivity index (χ0v) is 17.7. The molecule has 1 aromatic carbocycles. The summed E-state index contributed by atoms with van der Waals surface area (Å²) in [4.78, 5) is 12.1. The maximum Gasteiger partial charge on any atom is 0.220 e. The van der Waals surface area contributed by atoms with E-state index >= 15 is 0 Å². The standard InChI is InChI=1S/C23H37NO2S/c1-2-3-4-5-6-7-8-9-10-11-15-18-22(25)24-21(19-27)23(26)20-16-13-12-14-17-20/h12-14,16-17,19,21,23,26H,2-11,15,18H2,1H3,(H,24,25). The monoisotopic (exact) mass is 391 g/mol. The second-order valence-electron chi connectivity index (χ2n) is 7.37. The van der Waals surface area contributed by atoms with Crippen molar-refractivity contribution in [1.82, 2.24) is 5.32 Å². The van der Waals surface area contributed by atoms with E-state index in [4.69, 9.17) is 12.2 Å². The van der Waals surface area contributed by atoms with Gasteiger partial charge in [0.15, 0.2) is 0 Å². The molecular formula is C23H37NO2S. The lowest BCUT2D eigenvalue weighted by molar-refractivity contribution is -0.122. The molecule has 4 heteroatoms. The van der Waals surface area contributed by atoms with E-state index in [1.165, 1.54) is 63.2 Å². The number of aliphatic hydroxyl groups excluding tert-OH is 1. The first-order valence-electron chi connectivity index (χ1n) is 10.7. The largest absolute Gasteiger partial charge is 0.386 e. The quantitative estimate of drug-likeness (QED) is 0.272. The Morgan fingerprint density at radius 2 is 1.48 bits per heavy atom. The average molecular weight is 392 g/mol. The molecule has 0 spiro atoms. The number of rotatable bonds is 16. The highest BCUT2D eigenvalue weighted by Crippen LogP contribution is 2.16. The van der Waals surface area contributed by atoms with Crippen molar-refractivity contribution in [3.05, 3.63) is 35.9 Å². The highest BCUT2D eigenvalue weighted by atomic mass is 32.1. The molecule has 0 fully saturated rings. The summed E-state index contributed by atoms with van der Waals surface area (Å²) in [5.41, 5.74) is 0.763. The van der Waals surface area contributed by atoms with E-state index in [0.29, 0.717) is 6.42 Å². The number of amides is 1. The van der Waals surface area contributed by atoms with Crippen LogP contribution in [0.5, 0.6) is 0 Å². The summed E-state index contributed by atoms with van der Waals surface area (Å²) < 4.78 is 0. The van der Waals surface area contributed by atoms with Crippen molar-refractivity contribution in [3.8, 4) is 0 Å². The number of benzene rings is 1. The Labute approximate surface area is 170 Å². The van der Waals surface area contributed by atoms with Crippen LogP contribution < -0.4 is 5.32 Å². The molecule has 1 aromatic rings. The van der Waals surface area contributed by atoms with Gasteiger partial charge in [-0.3, -0.25) is 4.79 Å². The maximum atomic E-state index is 12.1. The first-order valence-corrected chi connectivity index (χ1v) is 11.1. The molecule has 1 amide bonds. The van der Waals surface area contributed by atoms with Gasteiger partial charge in [-0.05, 0) is 12.0 Å². The smallest absolute Gasteiger partial charge is 0.220 e. The van der Waals surface area contributed by atoms with E-state index in [1.54, 1.807) is 0 Å². The van der Waals surface area contributed by atoms with E-state index in [-0.39, 0.29) is 5.91 Å². The molecule has 0 aliphatic carbocycles. The fourth-order valence-corrected chi connectivity index (χ4v) is 3.47. The molecule has 0 saturated carbocycles. The van der Waals surface area contributed by atoms with E-state index < -0.39 is 12.1 Å². The fraction of sp³-hybridized carbons (Fsp3) is 0.652. The highest BCUT2D eigenvalue weighted by Gasteiger charge is 2.20. The molecule has 2 atom stereocenters. The Bertz CT molecular complexity index is 506. The molecule has 3 nitrogen and oxygen atoms in total. The van der Waals surface area contributed by atoms with Crippen LogP contribution in [0.25, 0.3) is 0 Å². The summed E-state index contributed by atoms with van der Waals surface area (Å²) in [7, 11) is 0. The van der Waals surface area contributed by atoms with Crippen LogP contribution in [0.1, 0.15) is 95.6 Å². The van der Waals surface area contributed by atoms with Crippen molar-refractivity contribution in [2.45, 2.75) is 96.1 Å². The summed E-state index contributed by atoms with van der Waals surface area (Å²) in [5, 5.41) is 14.7. The van der Waals surface area contributed by atoms with Crippen molar-refractivity contribution >= 4 is 23.5 Å². The number of aliphatic hydroxyl groups is 1. The van der Waals surface area contributed by atoms with Gasteiger partial charge in [-0.1, -0.05) is 114 Å². The molecule has 1 rings (SSSR count). The van der Waals surface area contributed by atoms with Crippen molar-refractivity contribution in [3.63, 3.8) is 0 Å². The Morgan fingerprint density at radius 3 is 2.00 bits per heavy atom. The zero-order chi connectivity index (χ0) is 19.7. The van der Waals surface area contributed by atoms with Crippen molar-refractivity contribution in [2.24, 2.45) is 0 Å². The van der Waals surface area contributed by atoms with Crippen molar-refractivity contribution in [1.29, 1.82) is 0 Å². The summed E-state index contributed by atoms with van der Waals surface area (Å²) in [6.45, 7) is 2.25. The molecule has 0 radical (unpaired) electrons. The van der Waals surface area contributed by atoms with Gasteiger partial charge in [-0.25, -0.2) is 0 Å². The Balaban J connectivity index is 2.08. The maximum absolute atomic E-state index is 12.1. The number of nitrogens with one attached hydrogen (secondary N) is 1. The van der Waals surface area contributed by atoms with Gasteiger partial charge in [0, 0.05) is 11.8 Å². The SMILES string of the molecule is CCCCCCCCCCCCCC(=O)NC(C=S)C(O)c1ccccc1. The topological polar surface area (TPSA) is 49.3 Å². The highest BCUT2D eigenvalue weighted by molar-refractivity contribution is 7.79. The van der Waals surface area contributed by atoms with Gasteiger partial charge in [0.05, 0.1) is 6.04 Å². The van der Waals surface area contributed by atoms with Crippen LogP contribution in [-0.2, 0) is 4.79 Å². The predicted octanol–water partition coefficient (Wildman–Crippen LogP) is 5.91. The molecule has 152 valence electrons. The summed E-state index contributed by atoms with van der Waals surface area (Å²) in [6, 6.07) is 8.78. The van der Waals surface area contributed by atoms with Gasteiger partial charge in [-0.2, -0.15) is 0 Å². The lowest BCUT2D eigenvalue weighted by atomic mass is 10.0. The second-order valence-corrected chi connectivity index (χ2v) is 7.64. The number of carbonyl (C=O) groups excluding carboxylic acids is 1. The average Bonchev–Trinajstić information content (AvgIpc) is 2.70. The van der Waals surface area contributed by atoms with Crippen LogP contribution >= 0.6 is 12.2 Å². The van der Waals surface area contributed by atoms with E-state index in [0.717, 1.165) is 18.4 Å². The second kappa shape index (κ2) is 15.8.